The number of anilines is 1. The van der Waals surface area contributed by atoms with Crippen LogP contribution in [0.5, 0.6) is 0 Å². The van der Waals surface area contributed by atoms with Crippen LogP contribution in [-0.2, 0) is 4.79 Å². The van der Waals surface area contributed by atoms with E-state index in [9.17, 15) is 9.18 Å². The summed E-state index contributed by atoms with van der Waals surface area (Å²) in [7, 11) is 0. The summed E-state index contributed by atoms with van der Waals surface area (Å²) < 4.78 is 13.1. The van der Waals surface area contributed by atoms with Crippen molar-refractivity contribution in [1.29, 1.82) is 0 Å². The SMILES string of the molecule is CC.CC.CCCCN(C(=O)CC)c1cccc(F)c1. The highest BCUT2D eigenvalue weighted by Crippen LogP contribution is 2.17. The van der Waals surface area contributed by atoms with Crippen LogP contribution in [0, 0.1) is 5.82 Å². The molecule has 0 spiro atoms. The third kappa shape index (κ3) is 7.93. The molecule has 0 fully saturated rings. The number of rotatable bonds is 5. The molecule has 0 aromatic heterocycles. The number of carbonyl (C=O) groups is 1. The summed E-state index contributed by atoms with van der Waals surface area (Å²) in [6, 6.07) is 6.19. The molecule has 1 rings (SSSR count). The van der Waals surface area contributed by atoms with E-state index in [4.69, 9.17) is 0 Å². The lowest BCUT2D eigenvalue weighted by Gasteiger charge is -2.22. The number of benzene rings is 1. The van der Waals surface area contributed by atoms with Gasteiger partial charge >= 0.3 is 0 Å². The molecule has 0 aliphatic rings. The molecule has 0 atom stereocenters. The van der Waals surface area contributed by atoms with Crippen molar-refractivity contribution in [3.8, 4) is 0 Å². The predicted molar refractivity (Wildman–Crippen MR) is 86.6 cm³/mol. The standard InChI is InChI=1S/C13H18FNO.2C2H6/c1-3-5-9-15(13(16)4-2)12-8-6-7-11(14)10-12;2*1-2/h6-8,10H,3-5,9H2,1-2H3;2*1-2H3. The van der Waals surface area contributed by atoms with Crippen LogP contribution in [-0.4, -0.2) is 12.5 Å². The molecule has 2 nitrogen and oxygen atoms in total. The molecule has 1 amide bonds. The van der Waals surface area contributed by atoms with Crippen LogP contribution in [0.4, 0.5) is 10.1 Å². The Morgan fingerprint density at radius 1 is 1.15 bits per heavy atom. The van der Waals surface area contributed by atoms with Gasteiger partial charge in [-0.05, 0) is 24.6 Å². The van der Waals surface area contributed by atoms with E-state index in [1.807, 2.05) is 34.6 Å². The Balaban J connectivity index is 0. The van der Waals surface area contributed by atoms with E-state index in [0.717, 1.165) is 12.8 Å². The van der Waals surface area contributed by atoms with Crippen molar-refractivity contribution >= 4 is 11.6 Å². The Labute approximate surface area is 124 Å². The molecule has 1 aromatic rings. The highest BCUT2D eigenvalue weighted by molar-refractivity contribution is 5.93. The Kier molecular flexibility index (Phi) is 14.7. The molecule has 20 heavy (non-hydrogen) atoms. The van der Waals surface area contributed by atoms with Gasteiger partial charge in [0.15, 0.2) is 0 Å². The van der Waals surface area contributed by atoms with Crippen molar-refractivity contribution in [1.82, 2.24) is 0 Å². The van der Waals surface area contributed by atoms with Gasteiger partial charge in [-0.1, -0.05) is 54.0 Å². The van der Waals surface area contributed by atoms with Gasteiger partial charge in [0.05, 0.1) is 0 Å². The minimum absolute atomic E-state index is 0.0408. The molecule has 3 heteroatoms. The van der Waals surface area contributed by atoms with Crippen molar-refractivity contribution in [3.63, 3.8) is 0 Å². The summed E-state index contributed by atoms with van der Waals surface area (Å²) in [6.45, 7) is 12.5. The average molecular weight is 283 g/mol. The van der Waals surface area contributed by atoms with Gasteiger partial charge in [-0.2, -0.15) is 0 Å². The van der Waals surface area contributed by atoms with Gasteiger partial charge in [0, 0.05) is 18.7 Å². The van der Waals surface area contributed by atoms with E-state index in [0.29, 0.717) is 18.7 Å². The monoisotopic (exact) mass is 283 g/mol. The van der Waals surface area contributed by atoms with Gasteiger partial charge in [-0.25, -0.2) is 4.39 Å². The number of nitrogens with zero attached hydrogens (tertiary/aromatic N) is 1. The lowest BCUT2D eigenvalue weighted by atomic mass is 10.2. The van der Waals surface area contributed by atoms with E-state index in [-0.39, 0.29) is 11.7 Å². The zero-order valence-corrected chi connectivity index (χ0v) is 13.9. The quantitative estimate of drug-likeness (QED) is 0.706. The molecule has 0 saturated heterocycles. The normalized spacial score (nSPS) is 8.75. The lowest BCUT2D eigenvalue weighted by molar-refractivity contribution is -0.118. The maximum atomic E-state index is 13.1. The molecule has 116 valence electrons. The highest BCUT2D eigenvalue weighted by Gasteiger charge is 2.13. The first-order valence-electron chi connectivity index (χ1n) is 7.75. The Morgan fingerprint density at radius 2 is 1.75 bits per heavy atom. The van der Waals surface area contributed by atoms with Gasteiger partial charge in [0.2, 0.25) is 5.91 Å². The summed E-state index contributed by atoms with van der Waals surface area (Å²) in [4.78, 5) is 13.4. The predicted octanol–water partition coefficient (Wildman–Crippen LogP) is 5.42. The summed E-state index contributed by atoms with van der Waals surface area (Å²) in [5, 5.41) is 0. The van der Waals surface area contributed by atoms with Crippen molar-refractivity contribution in [2.24, 2.45) is 0 Å². The third-order valence-electron chi connectivity index (χ3n) is 2.46. The number of halogens is 1. The highest BCUT2D eigenvalue weighted by atomic mass is 19.1. The fraction of sp³-hybridized carbons (Fsp3) is 0.588. The number of amides is 1. The van der Waals surface area contributed by atoms with Gasteiger partial charge in [-0.15, -0.1) is 0 Å². The van der Waals surface area contributed by atoms with Gasteiger partial charge < -0.3 is 4.90 Å². The first kappa shape index (κ1) is 20.9. The van der Waals surface area contributed by atoms with E-state index in [1.54, 1.807) is 17.0 Å². The van der Waals surface area contributed by atoms with E-state index in [2.05, 4.69) is 6.92 Å². The molecule has 0 aliphatic heterocycles. The van der Waals surface area contributed by atoms with E-state index < -0.39 is 0 Å². The van der Waals surface area contributed by atoms with E-state index in [1.165, 1.54) is 12.1 Å². The Hall–Kier alpha value is -1.38. The molecular weight excluding hydrogens is 253 g/mol. The summed E-state index contributed by atoms with van der Waals surface area (Å²) in [6.07, 6.45) is 2.39. The molecule has 1 aromatic carbocycles. The van der Waals surface area contributed by atoms with Crippen LogP contribution >= 0.6 is 0 Å². The molecule has 0 aliphatic carbocycles. The van der Waals surface area contributed by atoms with Gasteiger partial charge in [0.25, 0.3) is 0 Å². The lowest BCUT2D eigenvalue weighted by Crippen LogP contribution is -2.31. The zero-order valence-electron chi connectivity index (χ0n) is 13.9. The summed E-state index contributed by atoms with van der Waals surface area (Å²) in [5.41, 5.74) is 0.653. The van der Waals surface area contributed by atoms with Crippen molar-refractivity contribution in [3.05, 3.63) is 30.1 Å². The second kappa shape index (κ2) is 14.0. The summed E-state index contributed by atoms with van der Waals surface area (Å²) >= 11 is 0. The first-order valence-corrected chi connectivity index (χ1v) is 7.75. The maximum absolute atomic E-state index is 13.1. The minimum Gasteiger partial charge on any atom is -0.312 e. The zero-order chi connectivity index (χ0) is 16.0. The smallest absolute Gasteiger partial charge is 0.226 e. The average Bonchev–Trinajstić information content (AvgIpc) is 2.51. The molecule has 0 radical (unpaired) electrons. The van der Waals surface area contributed by atoms with Crippen LogP contribution in [0.2, 0.25) is 0 Å². The molecule has 0 heterocycles. The van der Waals surface area contributed by atoms with Crippen LogP contribution in [0.3, 0.4) is 0 Å². The Bertz CT molecular complexity index is 353. The molecule has 0 bridgehead atoms. The fourth-order valence-corrected chi connectivity index (χ4v) is 1.55. The van der Waals surface area contributed by atoms with E-state index >= 15 is 0 Å². The van der Waals surface area contributed by atoms with Gasteiger partial charge in [0.1, 0.15) is 5.82 Å². The minimum atomic E-state index is -0.303. The molecule has 0 saturated carbocycles. The van der Waals surface area contributed by atoms with Crippen molar-refractivity contribution in [2.45, 2.75) is 60.8 Å². The number of hydrogen-bond donors (Lipinski definition) is 0. The topological polar surface area (TPSA) is 20.3 Å². The molecule has 0 unspecified atom stereocenters. The molecular formula is C17H30FNO. The van der Waals surface area contributed by atoms with Gasteiger partial charge in [-0.3, -0.25) is 4.79 Å². The fourth-order valence-electron chi connectivity index (χ4n) is 1.55. The van der Waals surface area contributed by atoms with Crippen LogP contribution < -0.4 is 4.90 Å². The Morgan fingerprint density at radius 3 is 2.20 bits per heavy atom. The summed E-state index contributed by atoms with van der Waals surface area (Å²) in [5.74, 6) is -0.262. The number of carbonyl (C=O) groups excluding carboxylic acids is 1. The maximum Gasteiger partial charge on any atom is 0.226 e. The third-order valence-corrected chi connectivity index (χ3v) is 2.46. The second-order valence-corrected chi connectivity index (χ2v) is 3.73. The van der Waals surface area contributed by atoms with Crippen LogP contribution in [0.15, 0.2) is 24.3 Å². The number of hydrogen-bond acceptors (Lipinski definition) is 1. The number of unbranched alkanes of at least 4 members (excludes halogenated alkanes) is 1. The van der Waals surface area contributed by atoms with Crippen molar-refractivity contribution < 1.29 is 9.18 Å². The van der Waals surface area contributed by atoms with Crippen molar-refractivity contribution in [2.75, 3.05) is 11.4 Å². The molecule has 0 N–H and O–H groups in total. The van der Waals surface area contributed by atoms with Crippen LogP contribution in [0.1, 0.15) is 60.8 Å². The second-order valence-electron chi connectivity index (χ2n) is 3.73. The largest absolute Gasteiger partial charge is 0.312 e. The first-order chi connectivity index (χ1) is 9.69. The van der Waals surface area contributed by atoms with Crippen LogP contribution in [0.25, 0.3) is 0 Å².